The van der Waals surface area contributed by atoms with Crippen LogP contribution in [-0.2, 0) is 115 Å². The van der Waals surface area contributed by atoms with Crippen molar-refractivity contribution in [1.82, 2.24) is 24.9 Å². The number of allylic oxidation sites excluding steroid dienone is 6. The first-order chi connectivity index (χ1) is 48.6. The summed E-state index contributed by atoms with van der Waals surface area (Å²) >= 11 is 1.73. The van der Waals surface area contributed by atoms with Crippen LogP contribution in [0.4, 0.5) is 0 Å². The molecule has 11 nitrogen and oxygen atoms in total. The van der Waals surface area contributed by atoms with Crippen molar-refractivity contribution in [2.45, 2.75) is 41.5 Å². The van der Waals surface area contributed by atoms with Crippen LogP contribution in [0.1, 0.15) is 41.5 Å². The molecule has 5 radical (unpaired) electrons. The van der Waals surface area contributed by atoms with Crippen molar-refractivity contribution >= 4 is 82.1 Å². The Morgan fingerprint density at radius 2 is 0.686 bits per heavy atom. The van der Waals surface area contributed by atoms with Crippen LogP contribution >= 0.6 is 11.3 Å². The molecule has 6 aromatic heterocycles. The van der Waals surface area contributed by atoms with Gasteiger partial charge in [0, 0.05) is 143 Å². The van der Waals surface area contributed by atoms with E-state index in [1.807, 2.05) is 225 Å². The number of benzene rings is 9. The van der Waals surface area contributed by atoms with Crippen LogP contribution in [0.2, 0.25) is 0 Å². The van der Waals surface area contributed by atoms with Gasteiger partial charge in [0.1, 0.15) is 0 Å². The van der Waals surface area contributed by atoms with Gasteiger partial charge in [0.05, 0.1) is 28.3 Å². The van der Waals surface area contributed by atoms with Gasteiger partial charge in [-0.15, -0.1) is 167 Å². The minimum atomic E-state index is -0.125. The van der Waals surface area contributed by atoms with Crippen LogP contribution in [0.5, 0.6) is 0 Å². The van der Waals surface area contributed by atoms with E-state index in [9.17, 15) is 14.4 Å². The summed E-state index contributed by atoms with van der Waals surface area (Å²) in [5.74, 6) is -0.187. The monoisotopic (exact) mass is 2290 g/mol. The SMILES string of the molecule is CC(=O)C=C(C)O.CC(=O)C=C(C)O.CC(=O)C=C(C)O.[Ir].[Ir].[Ir].[Ir].[Ir].[c-]1c(-c2ccccn2)sc2ccccc12.[c-]1ccccc1-c1ccc2ccccc2n1.[c-]1ccccc1-c1ccc2ccccc2n1.[c-]1ccccc1-c1nccc2ccccc12.[c-]1ccccc1-c1nccc2ccccc12. The van der Waals surface area contributed by atoms with Crippen LogP contribution in [0.3, 0.4) is 0 Å². The van der Waals surface area contributed by atoms with Crippen molar-refractivity contribution in [2.75, 3.05) is 0 Å². The van der Waals surface area contributed by atoms with Gasteiger partial charge in [0.25, 0.3) is 0 Å². The van der Waals surface area contributed by atoms with E-state index in [1.165, 1.54) is 102 Å². The average molecular weight is 2290 g/mol. The molecule has 15 aromatic rings. The summed E-state index contributed by atoms with van der Waals surface area (Å²) in [7, 11) is 0. The molecule has 3 N–H and O–H groups in total. The third-order valence-corrected chi connectivity index (χ3v) is 15.0. The van der Waals surface area contributed by atoms with Crippen molar-refractivity contribution in [2.24, 2.45) is 0 Å². The van der Waals surface area contributed by atoms with Gasteiger partial charge in [0.2, 0.25) is 0 Å². The summed E-state index contributed by atoms with van der Waals surface area (Å²) in [5.41, 5.74) is 11.1. The molecule has 0 fully saturated rings. The first kappa shape index (κ1) is 89.8. The fourth-order valence-corrected chi connectivity index (χ4v) is 10.7. The maximum absolute atomic E-state index is 10.0. The van der Waals surface area contributed by atoms with E-state index in [1.54, 1.807) is 11.3 Å². The van der Waals surface area contributed by atoms with Crippen LogP contribution < -0.4 is 0 Å². The Kier molecular flexibility index (Phi) is 41.6. The van der Waals surface area contributed by atoms with Crippen molar-refractivity contribution < 1.29 is 130 Å². The van der Waals surface area contributed by atoms with Gasteiger partial charge in [-0.05, 0) is 137 Å². The first-order valence-electron chi connectivity index (χ1n) is 31.8. The zero-order chi connectivity index (χ0) is 70.9. The Balaban J connectivity index is 0.000000316. The van der Waals surface area contributed by atoms with Gasteiger partial charge in [-0.25, -0.2) is 11.3 Å². The van der Waals surface area contributed by atoms with Gasteiger partial charge in [-0.3, -0.25) is 24.4 Å². The molecule has 0 saturated heterocycles. The number of nitrogens with zero attached hydrogens (tertiary/aromatic N) is 5. The Morgan fingerprint density at radius 1 is 0.333 bits per heavy atom. The topological polar surface area (TPSA) is 176 Å². The zero-order valence-electron chi connectivity index (χ0n) is 57.8. The molecule has 0 atom stereocenters. The van der Waals surface area contributed by atoms with Crippen molar-refractivity contribution in [3.05, 3.63) is 357 Å². The number of aromatic nitrogens is 5. The second kappa shape index (κ2) is 48.6. The number of pyridine rings is 5. The number of aliphatic hydroxyl groups is 3. The van der Waals surface area contributed by atoms with Crippen LogP contribution in [-0.4, -0.2) is 57.6 Å². The smallest absolute Gasteiger partial charge is 0.155 e. The van der Waals surface area contributed by atoms with E-state index < -0.39 is 0 Å². The second-order valence-electron chi connectivity index (χ2n) is 22.1. The zero-order valence-corrected chi connectivity index (χ0v) is 70.6. The fraction of sp³-hybridized carbons (Fsp3) is 0.0682. The third kappa shape index (κ3) is 30.3. The summed E-state index contributed by atoms with van der Waals surface area (Å²) in [6.07, 6.45) is 9.00. The molecule has 0 bridgehead atoms. The molecule has 0 aliphatic carbocycles. The normalized spacial score (nSPS) is 10.2. The molecule has 0 aliphatic rings. The molecule has 9 aromatic carbocycles. The Morgan fingerprint density at radius 3 is 1.04 bits per heavy atom. The predicted octanol–water partition coefficient (Wildman–Crippen LogP) is 21.7. The molecule has 0 unspecified atom stereocenters. The minimum Gasteiger partial charge on any atom is -0.512 e. The van der Waals surface area contributed by atoms with Gasteiger partial charge in [-0.1, -0.05) is 133 Å². The number of carbonyl (C=O) groups is 3. The summed E-state index contributed by atoms with van der Waals surface area (Å²) < 4.78 is 1.26. The molecule has 0 spiro atoms. The molecule has 541 valence electrons. The van der Waals surface area contributed by atoms with Crippen molar-refractivity contribution in [1.29, 1.82) is 0 Å². The minimum absolute atomic E-state index is 0. The van der Waals surface area contributed by atoms with E-state index in [0.29, 0.717) is 0 Å². The van der Waals surface area contributed by atoms with Gasteiger partial charge >= 0.3 is 0 Å². The fourth-order valence-electron chi connectivity index (χ4n) is 9.70. The second-order valence-corrected chi connectivity index (χ2v) is 23.2. The molecule has 0 aliphatic heterocycles. The summed E-state index contributed by atoms with van der Waals surface area (Å²) in [6, 6.07) is 107. The number of rotatable bonds is 8. The molecular weight excluding hydrogens is 2220 g/mol. The van der Waals surface area contributed by atoms with Gasteiger partial charge in [-0.2, -0.15) is 0 Å². The number of carbonyl (C=O) groups excluding carboxylic acids is 3. The molecule has 6 heterocycles. The number of hydrogen-bond donors (Lipinski definition) is 3. The number of aliphatic hydroxyl groups excluding tert-OH is 3. The molecule has 0 amide bonds. The maximum atomic E-state index is 10.0. The number of thiophene rings is 1. The molecule has 105 heavy (non-hydrogen) atoms. The Labute approximate surface area is 685 Å². The van der Waals surface area contributed by atoms with Crippen LogP contribution in [0, 0.1) is 30.3 Å². The van der Waals surface area contributed by atoms with Crippen molar-refractivity contribution in [3.8, 4) is 55.6 Å². The quantitative estimate of drug-likeness (QED) is 0.0750. The van der Waals surface area contributed by atoms with E-state index >= 15 is 0 Å². The standard InChI is InChI=1S/4C15H10N.C13H8NS.3C5H8O2.5Ir/c2*1-2-7-13(8-3-1)15-14-9-5-4-6-12(14)10-11-16-15;2*1-2-6-12(7-3-1)15-11-10-13-8-4-5-9-14(13)16-15;1-2-7-12-10(5-1)9-13(15-12)11-6-3-4-8-14-11;3*1-4(6)3-5(2)7;;;;;/h2*1-7,9-11H;2*1-6,8-11H;1-8H;3*3,6H,1-2H3;;;;;/q5*-1;;;;;;;;. The maximum Gasteiger partial charge on any atom is 0.155 e. The van der Waals surface area contributed by atoms with Crippen LogP contribution in [0.25, 0.3) is 109 Å². The van der Waals surface area contributed by atoms with Crippen LogP contribution in [0.15, 0.2) is 327 Å². The first-order valence-corrected chi connectivity index (χ1v) is 32.6. The number of fused-ring (bicyclic) bond motifs is 5. The summed E-state index contributed by atoms with van der Waals surface area (Å²) in [5, 5.41) is 33.4. The predicted molar refractivity (Wildman–Crippen MR) is 409 cm³/mol. The summed E-state index contributed by atoms with van der Waals surface area (Å²) in [4.78, 5) is 53.6. The molecule has 0 saturated carbocycles. The van der Waals surface area contributed by atoms with Gasteiger partial charge in [0.15, 0.2) is 17.3 Å². The largest absolute Gasteiger partial charge is 0.512 e. The summed E-state index contributed by atoms with van der Waals surface area (Å²) in [6.45, 7) is 8.54. The Hall–Kier alpha value is -9.39. The number of ketones is 3. The molecule has 15 rings (SSSR count). The van der Waals surface area contributed by atoms with E-state index in [0.717, 1.165) is 66.6 Å². The van der Waals surface area contributed by atoms with E-state index in [2.05, 4.69) is 122 Å². The Bertz CT molecular complexity index is 4850. The number of hydrogen-bond acceptors (Lipinski definition) is 12. The van der Waals surface area contributed by atoms with Gasteiger partial charge < -0.3 is 30.3 Å². The molecule has 17 heteroatoms. The van der Waals surface area contributed by atoms with Crippen molar-refractivity contribution in [3.63, 3.8) is 0 Å². The number of para-hydroxylation sites is 2. The molecular formula is C88H72Ir5N5O6S-5. The van der Waals surface area contributed by atoms with E-state index in [4.69, 9.17) is 15.3 Å². The van der Waals surface area contributed by atoms with E-state index in [-0.39, 0.29) is 135 Å². The average Bonchev–Trinajstić information content (AvgIpc) is 1.77. The third-order valence-electron chi connectivity index (χ3n) is 13.9.